The molecule has 0 saturated carbocycles. The van der Waals surface area contributed by atoms with Crippen LogP contribution < -0.4 is 5.73 Å². The van der Waals surface area contributed by atoms with Crippen LogP contribution in [0.1, 0.15) is 37.8 Å². The molecule has 2 atom stereocenters. The van der Waals surface area contributed by atoms with E-state index in [0.29, 0.717) is 6.10 Å². The van der Waals surface area contributed by atoms with Gasteiger partial charge in [-0.05, 0) is 37.0 Å². The van der Waals surface area contributed by atoms with Crippen molar-refractivity contribution < 1.29 is 4.74 Å². The highest BCUT2D eigenvalue weighted by atomic mass is 32.2. The van der Waals surface area contributed by atoms with Crippen molar-refractivity contribution in [2.45, 2.75) is 43.2 Å². The van der Waals surface area contributed by atoms with E-state index >= 15 is 0 Å². The van der Waals surface area contributed by atoms with Crippen LogP contribution in [0.2, 0.25) is 0 Å². The Hall–Kier alpha value is -0.510. The van der Waals surface area contributed by atoms with Gasteiger partial charge in [-0.1, -0.05) is 19.1 Å². The third-order valence-electron chi connectivity index (χ3n) is 3.21. The van der Waals surface area contributed by atoms with E-state index in [2.05, 4.69) is 31.2 Å². The van der Waals surface area contributed by atoms with E-state index in [1.807, 2.05) is 11.8 Å². The van der Waals surface area contributed by atoms with Gasteiger partial charge in [-0.2, -0.15) is 0 Å². The summed E-state index contributed by atoms with van der Waals surface area (Å²) in [5, 5.41) is 0. The highest BCUT2D eigenvalue weighted by Crippen LogP contribution is 2.25. The summed E-state index contributed by atoms with van der Waals surface area (Å²) >= 11 is 1.88. The molecule has 1 unspecified atom stereocenters. The first-order valence-corrected chi connectivity index (χ1v) is 7.38. The lowest BCUT2D eigenvalue weighted by molar-refractivity contribution is 0.129. The number of thioether (sulfide) groups is 1. The smallest absolute Gasteiger partial charge is 0.0669 e. The van der Waals surface area contributed by atoms with E-state index in [-0.39, 0.29) is 6.04 Å². The molecule has 1 aliphatic rings. The molecule has 1 aromatic carbocycles. The molecule has 2 nitrogen and oxygen atoms in total. The number of rotatable bonds is 5. The summed E-state index contributed by atoms with van der Waals surface area (Å²) in [5.74, 6) is 1.07. The predicted octanol–water partition coefficient (Wildman–Crippen LogP) is 3.37. The van der Waals surface area contributed by atoms with Gasteiger partial charge in [-0.15, -0.1) is 11.8 Å². The van der Waals surface area contributed by atoms with Gasteiger partial charge < -0.3 is 10.5 Å². The molecule has 1 aromatic rings. The summed E-state index contributed by atoms with van der Waals surface area (Å²) < 4.78 is 5.61. The van der Waals surface area contributed by atoms with Gasteiger partial charge in [0.2, 0.25) is 0 Å². The Morgan fingerprint density at radius 1 is 1.41 bits per heavy atom. The molecule has 2 N–H and O–H groups in total. The average Bonchev–Trinajstić information content (AvgIpc) is 2.89. The van der Waals surface area contributed by atoms with Gasteiger partial charge >= 0.3 is 0 Å². The molecule has 0 bridgehead atoms. The molecule has 1 saturated heterocycles. The van der Waals surface area contributed by atoms with Crippen LogP contribution in [-0.2, 0) is 4.74 Å². The van der Waals surface area contributed by atoms with E-state index < -0.39 is 0 Å². The second kappa shape index (κ2) is 6.43. The maximum absolute atomic E-state index is 5.99. The first kappa shape index (κ1) is 12.9. The highest BCUT2D eigenvalue weighted by Gasteiger charge is 2.15. The van der Waals surface area contributed by atoms with Crippen LogP contribution in [0.4, 0.5) is 0 Å². The molecule has 3 heteroatoms. The zero-order valence-electron chi connectivity index (χ0n) is 10.4. The number of nitrogens with two attached hydrogens (primary N) is 1. The second-order valence-electron chi connectivity index (χ2n) is 4.53. The van der Waals surface area contributed by atoms with Crippen molar-refractivity contribution in [3.8, 4) is 0 Å². The maximum Gasteiger partial charge on any atom is 0.0669 e. The van der Waals surface area contributed by atoms with Crippen LogP contribution in [0, 0.1) is 0 Å². The molecule has 17 heavy (non-hydrogen) atoms. The van der Waals surface area contributed by atoms with Gasteiger partial charge in [0.15, 0.2) is 0 Å². The Bertz CT molecular complexity index is 333. The first-order valence-electron chi connectivity index (χ1n) is 6.39. The number of ether oxygens (including phenoxy) is 1. The molecule has 0 spiro atoms. The number of hydrogen-bond acceptors (Lipinski definition) is 3. The zero-order valence-corrected chi connectivity index (χ0v) is 11.2. The molecule has 1 aliphatic heterocycles. The lowest BCUT2D eigenvalue weighted by atomic mass is 10.1. The quantitative estimate of drug-likeness (QED) is 0.815. The Labute approximate surface area is 108 Å². The largest absolute Gasteiger partial charge is 0.377 e. The van der Waals surface area contributed by atoms with Crippen molar-refractivity contribution in [3.63, 3.8) is 0 Å². The molecule has 2 rings (SSSR count). The monoisotopic (exact) mass is 251 g/mol. The van der Waals surface area contributed by atoms with E-state index in [0.717, 1.165) is 18.8 Å². The molecule has 0 radical (unpaired) electrons. The topological polar surface area (TPSA) is 35.2 Å². The van der Waals surface area contributed by atoms with Gasteiger partial charge in [0, 0.05) is 23.3 Å². The highest BCUT2D eigenvalue weighted by molar-refractivity contribution is 7.99. The van der Waals surface area contributed by atoms with E-state index in [9.17, 15) is 0 Å². The fraction of sp³-hybridized carbons (Fsp3) is 0.571. The maximum atomic E-state index is 5.99. The van der Waals surface area contributed by atoms with Crippen molar-refractivity contribution in [2.75, 3.05) is 12.4 Å². The first-order chi connectivity index (χ1) is 8.29. The van der Waals surface area contributed by atoms with E-state index in [4.69, 9.17) is 10.5 Å². The summed E-state index contributed by atoms with van der Waals surface area (Å²) in [6.07, 6.45) is 3.88. The molecular formula is C14H21NOS. The molecule has 1 heterocycles. The molecular weight excluding hydrogens is 230 g/mol. The fourth-order valence-electron chi connectivity index (χ4n) is 2.01. The summed E-state index contributed by atoms with van der Waals surface area (Å²) in [7, 11) is 0. The van der Waals surface area contributed by atoms with Gasteiger partial charge in [-0.25, -0.2) is 0 Å². The second-order valence-corrected chi connectivity index (χ2v) is 5.62. The molecule has 0 aromatic heterocycles. The summed E-state index contributed by atoms with van der Waals surface area (Å²) in [4.78, 5) is 1.31. The minimum Gasteiger partial charge on any atom is -0.377 e. The van der Waals surface area contributed by atoms with E-state index in [1.54, 1.807) is 0 Å². The van der Waals surface area contributed by atoms with Crippen molar-refractivity contribution in [1.29, 1.82) is 0 Å². The van der Waals surface area contributed by atoms with Crippen molar-refractivity contribution in [2.24, 2.45) is 5.73 Å². The van der Waals surface area contributed by atoms with Gasteiger partial charge in [0.05, 0.1) is 6.10 Å². The Morgan fingerprint density at radius 2 is 2.18 bits per heavy atom. The lowest BCUT2D eigenvalue weighted by Gasteiger charge is -2.11. The van der Waals surface area contributed by atoms with Gasteiger partial charge in [0.25, 0.3) is 0 Å². The SMILES string of the molecule is CC[C@H](N)c1ccc(SCC2CCCO2)cc1. The Kier molecular flexibility index (Phi) is 4.89. The normalized spacial score (nSPS) is 21.6. The Morgan fingerprint density at radius 3 is 2.76 bits per heavy atom. The standard InChI is InChI=1S/C14H21NOS/c1-2-14(15)11-5-7-13(8-6-11)17-10-12-4-3-9-16-12/h5-8,12,14H,2-4,9-10,15H2,1H3/t12?,14-/m0/s1. The lowest BCUT2D eigenvalue weighted by Crippen LogP contribution is -2.08. The van der Waals surface area contributed by atoms with Crippen LogP contribution in [0.25, 0.3) is 0 Å². The third-order valence-corrected chi connectivity index (χ3v) is 4.35. The number of hydrogen-bond donors (Lipinski definition) is 1. The van der Waals surface area contributed by atoms with Crippen LogP contribution >= 0.6 is 11.8 Å². The Balaban J connectivity index is 1.84. The van der Waals surface area contributed by atoms with Gasteiger partial charge in [0.1, 0.15) is 0 Å². The van der Waals surface area contributed by atoms with Crippen molar-refractivity contribution >= 4 is 11.8 Å². The summed E-state index contributed by atoms with van der Waals surface area (Å²) in [5.41, 5.74) is 7.22. The van der Waals surface area contributed by atoms with Gasteiger partial charge in [-0.3, -0.25) is 0 Å². The average molecular weight is 251 g/mol. The third kappa shape index (κ3) is 3.73. The minimum absolute atomic E-state index is 0.173. The van der Waals surface area contributed by atoms with Crippen LogP contribution in [0.5, 0.6) is 0 Å². The fourth-order valence-corrected chi connectivity index (χ4v) is 2.98. The van der Waals surface area contributed by atoms with Crippen molar-refractivity contribution in [3.05, 3.63) is 29.8 Å². The predicted molar refractivity (Wildman–Crippen MR) is 73.4 cm³/mol. The zero-order chi connectivity index (χ0) is 12.1. The summed E-state index contributed by atoms with van der Waals surface area (Å²) in [6.45, 7) is 3.06. The van der Waals surface area contributed by atoms with E-state index in [1.165, 1.54) is 23.3 Å². The molecule has 0 aliphatic carbocycles. The molecule has 0 amide bonds. The minimum atomic E-state index is 0.173. The molecule has 1 fully saturated rings. The van der Waals surface area contributed by atoms with Crippen molar-refractivity contribution in [1.82, 2.24) is 0 Å². The van der Waals surface area contributed by atoms with Crippen LogP contribution in [-0.4, -0.2) is 18.5 Å². The molecule has 94 valence electrons. The number of benzene rings is 1. The summed E-state index contributed by atoms with van der Waals surface area (Å²) in [6, 6.07) is 8.81. The van der Waals surface area contributed by atoms with Crippen LogP contribution in [0.3, 0.4) is 0 Å². The van der Waals surface area contributed by atoms with Crippen LogP contribution in [0.15, 0.2) is 29.2 Å².